The Kier molecular flexibility index (Phi) is 7.54. The summed E-state index contributed by atoms with van der Waals surface area (Å²) in [6, 6.07) is 7.08. The monoisotopic (exact) mass is 300 g/mol. The molecule has 0 N–H and O–H groups in total. The predicted octanol–water partition coefficient (Wildman–Crippen LogP) is 4.78. The molecule has 0 amide bonds. The molecule has 108 valence electrons. The molecule has 0 bridgehead atoms. The lowest BCUT2D eigenvalue weighted by Crippen LogP contribution is -1.97. The summed E-state index contributed by atoms with van der Waals surface area (Å²) in [5.74, 6) is 0.697. The number of hydrogen-bond donors (Lipinski definition) is 0. The van der Waals surface area contributed by atoms with E-state index in [1.807, 2.05) is 19.1 Å². The molecule has 0 aliphatic heterocycles. The Hall–Kier alpha value is -0.480. The fourth-order valence-corrected chi connectivity index (χ4v) is 4.72. The average Bonchev–Trinajstić information content (AvgIpc) is 2.38. The van der Waals surface area contributed by atoms with Gasteiger partial charge in [-0.15, -0.1) is 0 Å². The third-order valence-electron chi connectivity index (χ3n) is 3.05. The topological polar surface area (TPSA) is 34.1 Å². The van der Waals surface area contributed by atoms with Crippen molar-refractivity contribution in [2.45, 2.75) is 57.3 Å². The normalized spacial score (nSPS) is 11.7. The van der Waals surface area contributed by atoms with Crippen molar-refractivity contribution in [3.8, 4) is 0 Å². The Bertz CT molecular complexity index is 450. The van der Waals surface area contributed by atoms with Gasteiger partial charge in [0.25, 0.3) is 0 Å². The summed E-state index contributed by atoms with van der Waals surface area (Å²) in [6.07, 6.45) is 7.14. The van der Waals surface area contributed by atoms with Crippen LogP contribution in [-0.2, 0) is 8.87 Å². The molecule has 0 saturated heterocycles. The van der Waals surface area contributed by atoms with Gasteiger partial charge in [0.1, 0.15) is 0 Å². The van der Waals surface area contributed by atoms with Crippen LogP contribution in [0.15, 0.2) is 29.2 Å². The third-order valence-corrected chi connectivity index (χ3v) is 6.67. The van der Waals surface area contributed by atoms with Crippen LogP contribution in [0.25, 0.3) is 0 Å². The third kappa shape index (κ3) is 6.48. The smallest absolute Gasteiger partial charge is 0.212 e. The van der Waals surface area contributed by atoms with Gasteiger partial charge >= 0.3 is 0 Å². The van der Waals surface area contributed by atoms with Crippen LogP contribution in [0, 0.1) is 6.92 Å². The van der Waals surface area contributed by atoms with Crippen LogP contribution in [0.2, 0.25) is 0 Å². The highest BCUT2D eigenvalue weighted by molar-refractivity contribution is 8.72. The van der Waals surface area contributed by atoms with E-state index in [0.29, 0.717) is 10.6 Å². The molecule has 0 unspecified atom stereocenters. The van der Waals surface area contributed by atoms with Gasteiger partial charge in [-0.3, -0.25) is 0 Å². The minimum atomic E-state index is -3.16. The molecule has 0 aliphatic rings. The van der Waals surface area contributed by atoms with E-state index in [9.17, 15) is 8.42 Å². The minimum absolute atomic E-state index is 0.425. The van der Waals surface area contributed by atoms with Gasteiger partial charge in [0.15, 0.2) is 0 Å². The van der Waals surface area contributed by atoms with Crippen molar-refractivity contribution in [2.75, 3.05) is 5.75 Å². The number of hydrogen-bond acceptors (Lipinski definition) is 3. The van der Waals surface area contributed by atoms with E-state index in [0.717, 1.165) is 29.2 Å². The van der Waals surface area contributed by atoms with E-state index in [1.54, 1.807) is 12.1 Å². The molecule has 0 fully saturated rings. The fourth-order valence-electron chi connectivity index (χ4n) is 1.82. The summed E-state index contributed by atoms with van der Waals surface area (Å²) >= 11 is 0. The van der Waals surface area contributed by atoms with Gasteiger partial charge < -0.3 is 0 Å². The Morgan fingerprint density at radius 2 is 1.53 bits per heavy atom. The molecule has 0 atom stereocenters. The van der Waals surface area contributed by atoms with Crippen LogP contribution in [0.3, 0.4) is 0 Å². The molecule has 1 rings (SSSR count). The summed E-state index contributed by atoms with van der Waals surface area (Å²) in [5.41, 5.74) is 1.08. The molecule has 19 heavy (non-hydrogen) atoms. The zero-order valence-electron chi connectivity index (χ0n) is 11.9. The maximum atomic E-state index is 12.0. The SMILES string of the molecule is CCCCCCCCSS(=O)(=O)c1ccc(C)cc1. The van der Waals surface area contributed by atoms with Gasteiger partial charge in [-0.2, -0.15) is 0 Å². The molecule has 0 spiro atoms. The summed E-state index contributed by atoms with van der Waals surface area (Å²) in [5, 5.41) is 0. The number of rotatable bonds is 9. The lowest BCUT2D eigenvalue weighted by molar-refractivity contribution is 0.610. The first kappa shape index (κ1) is 16.6. The van der Waals surface area contributed by atoms with Crippen molar-refractivity contribution in [3.63, 3.8) is 0 Å². The van der Waals surface area contributed by atoms with E-state index in [4.69, 9.17) is 0 Å². The lowest BCUT2D eigenvalue weighted by atomic mass is 10.1. The van der Waals surface area contributed by atoms with E-state index < -0.39 is 8.87 Å². The van der Waals surface area contributed by atoms with Gasteiger partial charge in [-0.1, -0.05) is 56.7 Å². The van der Waals surface area contributed by atoms with Crippen molar-refractivity contribution < 1.29 is 8.42 Å². The molecule has 0 aliphatic carbocycles. The van der Waals surface area contributed by atoms with E-state index in [1.165, 1.54) is 25.7 Å². The van der Waals surface area contributed by atoms with Crippen molar-refractivity contribution in [1.82, 2.24) is 0 Å². The van der Waals surface area contributed by atoms with Crippen LogP contribution in [0.4, 0.5) is 0 Å². The Morgan fingerprint density at radius 1 is 0.947 bits per heavy atom. The van der Waals surface area contributed by atoms with Gasteiger partial charge in [-0.25, -0.2) is 8.42 Å². The first-order chi connectivity index (χ1) is 9.06. The maximum absolute atomic E-state index is 12.0. The summed E-state index contributed by atoms with van der Waals surface area (Å²) in [7, 11) is -2.08. The molecular weight excluding hydrogens is 276 g/mol. The summed E-state index contributed by atoms with van der Waals surface area (Å²) in [4.78, 5) is 0.425. The van der Waals surface area contributed by atoms with Gasteiger partial charge in [0, 0.05) is 5.75 Å². The molecule has 1 aromatic rings. The van der Waals surface area contributed by atoms with Crippen LogP contribution < -0.4 is 0 Å². The highest BCUT2D eigenvalue weighted by Crippen LogP contribution is 2.24. The Balaban J connectivity index is 2.29. The largest absolute Gasteiger partial charge is 0.229 e. The molecule has 0 radical (unpaired) electrons. The lowest BCUT2D eigenvalue weighted by Gasteiger charge is -2.04. The molecular formula is C15H24O2S2. The summed E-state index contributed by atoms with van der Waals surface area (Å²) in [6.45, 7) is 4.16. The zero-order chi connectivity index (χ0) is 14.1. The number of aryl methyl sites for hydroxylation is 1. The van der Waals surface area contributed by atoms with E-state index in [-0.39, 0.29) is 0 Å². The zero-order valence-corrected chi connectivity index (χ0v) is 13.5. The highest BCUT2D eigenvalue weighted by atomic mass is 33.1. The quantitative estimate of drug-likeness (QED) is 0.486. The van der Waals surface area contributed by atoms with E-state index in [2.05, 4.69) is 6.92 Å². The van der Waals surface area contributed by atoms with Gasteiger partial charge in [0.2, 0.25) is 8.87 Å². The van der Waals surface area contributed by atoms with Crippen LogP contribution >= 0.6 is 10.8 Å². The van der Waals surface area contributed by atoms with Crippen molar-refractivity contribution in [2.24, 2.45) is 0 Å². The van der Waals surface area contributed by atoms with Crippen molar-refractivity contribution in [1.29, 1.82) is 0 Å². The average molecular weight is 300 g/mol. The second-order valence-electron chi connectivity index (χ2n) is 4.86. The molecule has 4 heteroatoms. The summed E-state index contributed by atoms with van der Waals surface area (Å²) < 4.78 is 24.1. The molecule has 0 aromatic heterocycles. The number of benzene rings is 1. The fraction of sp³-hybridized carbons (Fsp3) is 0.600. The highest BCUT2D eigenvalue weighted by Gasteiger charge is 2.14. The first-order valence-electron chi connectivity index (χ1n) is 7.02. The maximum Gasteiger partial charge on any atom is 0.229 e. The minimum Gasteiger partial charge on any atom is -0.212 e. The standard InChI is InChI=1S/C15H24O2S2/c1-3-4-5-6-7-8-13-18-19(16,17)15-11-9-14(2)10-12-15/h9-12H,3-8,13H2,1-2H3. The van der Waals surface area contributed by atoms with Crippen LogP contribution in [0.5, 0.6) is 0 Å². The number of unbranched alkanes of at least 4 members (excludes halogenated alkanes) is 5. The van der Waals surface area contributed by atoms with Gasteiger partial charge in [0.05, 0.1) is 4.90 Å². The van der Waals surface area contributed by atoms with Crippen molar-refractivity contribution >= 4 is 19.7 Å². The molecule has 0 heterocycles. The molecule has 0 saturated carbocycles. The Labute approximate surface area is 121 Å². The van der Waals surface area contributed by atoms with Crippen molar-refractivity contribution in [3.05, 3.63) is 29.8 Å². The Morgan fingerprint density at radius 3 is 2.16 bits per heavy atom. The second kappa shape index (κ2) is 8.64. The second-order valence-corrected chi connectivity index (χ2v) is 8.90. The van der Waals surface area contributed by atoms with Gasteiger partial charge in [-0.05, 0) is 36.3 Å². The molecule has 2 nitrogen and oxygen atoms in total. The van der Waals surface area contributed by atoms with Crippen LogP contribution in [0.1, 0.15) is 51.0 Å². The van der Waals surface area contributed by atoms with E-state index >= 15 is 0 Å². The first-order valence-corrected chi connectivity index (χ1v) is 10.0. The van der Waals surface area contributed by atoms with Crippen LogP contribution in [-0.4, -0.2) is 14.2 Å². The molecule has 1 aromatic carbocycles. The predicted molar refractivity (Wildman–Crippen MR) is 84.2 cm³/mol.